The molecule has 1 aromatic heterocycles. The van der Waals surface area contributed by atoms with Gasteiger partial charge >= 0.3 is 0 Å². The van der Waals surface area contributed by atoms with E-state index in [2.05, 4.69) is 10.3 Å². The maximum atomic E-state index is 12.2. The minimum Gasteiger partial charge on any atom is -0.302 e. The summed E-state index contributed by atoms with van der Waals surface area (Å²) in [5.41, 5.74) is 0. The van der Waals surface area contributed by atoms with Gasteiger partial charge in [0.25, 0.3) is 0 Å². The van der Waals surface area contributed by atoms with Crippen LogP contribution in [0.3, 0.4) is 0 Å². The Morgan fingerprint density at radius 3 is 2.55 bits per heavy atom. The van der Waals surface area contributed by atoms with E-state index in [4.69, 9.17) is 0 Å². The highest BCUT2D eigenvalue weighted by Crippen LogP contribution is 2.35. The Kier molecular flexibility index (Phi) is 4.33. The lowest BCUT2D eigenvalue weighted by molar-refractivity contribution is -0.140. The van der Waals surface area contributed by atoms with Crippen LogP contribution in [0.4, 0.5) is 5.13 Å². The van der Waals surface area contributed by atoms with Crippen LogP contribution in [0.1, 0.15) is 25.7 Å². The normalized spacial score (nSPS) is 23.7. The third kappa shape index (κ3) is 2.94. The molecule has 1 fully saturated rings. The minimum absolute atomic E-state index is 0.0836. The summed E-state index contributed by atoms with van der Waals surface area (Å²) in [6.07, 6.45) is 7.60. The first kappa shape index (κ1) is 14.9. The number of nitrogens with one attached hydrogen (secondary N) is 1. The summed E-state index contributed by atoms with van der Waals surface area (Å²) in [6.45, 7) is 0.315. The van der Waals surface area contributed by atoms with Crippen LogP contribution in [0.2, 0.25) is 0 Å². The molecule has 6 nitrogen and oxygen atoms in total. The number of fused-ring (bicyclic) bond motifs is 1. The lowest BCUT2D eigenvalue weighted by Gasteiger charge is -2.14. The molecule has 0 aromatic carbocycles. The Bertz CT molecular complexity index is 586. The van der Waals surface area contributed by atoms with Crippen LogP contribution in [0, 0.1) is 11.8 Å². The predicted octanol–water partition coefficient (Wildman–Crippen LogP) is 1.81. The fraction of sp³-hybridized carbons (Fsp3) is 0.467. The Morgan fingerprint density at radius 2 is 1.95 bits per heavy atom. The summed E-state index contributed by atoms with van der Waals surface area (Å²) in [6, 6.07) is 0. The van der Waals surface area contributed by atoms with Gasteiger partial charge in [0.15, 0.2) is 5.13 Å². The van der Waals surface area contributed by atoms with Gasteiger partial charge in [-0.1, -0.05) is 12.2 Å². The van der Waals surface area contributed by atoms with Gasteiger partial charge in [0.1, 0.15) is 0 Å². The van der Waals surface area contributed by atoms with Gasteiger partial charge in [0.05, 0.1) is 11.8 Å². The van der Waals surface area contributed by atoms with Crippen LogP contribution in [-0.2, 0) is 14.4 Å². The highest BCUT2D eigenvalue weighted by atomic mass is 32.1. The number of thiazole rings is 1. The topological polar surface area (TPSA) is 79.4 Å². The Balaban J connectivity index is 1.48. The predicted molar refractivity (Wildman–Crippen MR) is 82.1 cm³/mol. The van der Waals surface area contributed by atoms with E-state index in [1.807, 2.05) is 12.2 Å². The molecule has 1 N–H and O–H groups in total. The van der Waals surface area contributed by atoms with Crippen molar-refractivity contribution in [3.63, 3.8) is 0 Å². The van der Waals surface area contributed by atoms with Crippen molar-refractivity contribution >= 4 is 34.2 Å². The van der Waals surface area contributed by atoms with E-state index in [1.165, 1.54) is 16.2 Å². The molecule has 22 heavy (non-hydrogen) atoms. The lowest BCUT2D eigenvalue weighted by atomic mass is 9.85. The minimum atomic E-state index is -0.193. The van der Waals surface area contributed by atoms with E-state index in [0.717, 1.165) is 0 Å². The molecule has 1 aromatic rings. The quantitative estimate of drug-likeness (QED) is 0.663. The third-order valence-electron chi connectivity index (χ3n) is 4.06. The second-order valence-corrected chi connectivity index (χ2v) is 6.37. The van der Waals surface area contributed by atoms with Crippen LogP contribution < -0.4 is 5.32 Å². The second kappa shape index (κ2) is 6.39. The van der Waals surface area contributed by atoms with Gasteiger partial charge in [-0.25, -0.2) is 4.98 Å². The molecule has 0 bridgehead atoms. The smallest absolute Gasteiger partial charge is 0.233 e. The van der Waals surface area contributed by atoms with Gasteiger partial charge in [-0.15, -0.1) is 11.3 Å². The van der Waals surface area contributed by atoms with Crippen molar-refractivity contribution in [1.82, 2.24) is 9.88 Å². The molecular formula is C15H17N3O3S. The molecule has 0 radical (unpaired) electrons. The summed E-state index contributed by atoms with van der Waals surface area (Å²) in [4.78, 5) is 41.6. The van der Waals surface area contributed by atoms with E-state index in [9.17, 15) is 14.4 Å². The number of imide groups is 1. The maximum absolute atomic E-state index is 12.2. The SMILES string of the molecule is O=C(CCCN1C(=O)C2CC=CCC2C1=O)Nc1nccs1. The number of hydrogen-bond donors (Lipinski definition) is 1. The monoisotopic (exact) mass is 319 g/mol. The average molecular weight is 319 g/mol. The number of carbonyl (C=O) groups excluding carboxylic acids is 3. The number of likely N-dealkylation sites (tertiary alicyclic amines) is 1. The van der Waals surface area contributed by atoms with Crippen LogP contribution in [0.5, 0.6) is 0 Å². The van der Waals surface area contributed by atoms with Crippen LogP contribution >= 0.6 is 11.3 Å². The first-order valence-corrected chi connectivity index (χ1v) is 8.24. The van der Waals surface area contributed by atoms with E-state index < -0.39 is 0 Å². The molecule has 2 atom stereocenters. The molecule has 3 amide bonds. The molecule has 0 saturated carbocycles. The zero-order valence-electron chi connectivity index (χ0n) is 12.0. The first-order valence-electron chi connectivity index (χ1n) is 7.36. The second-order valence-electron chi connectivity index (χ2n) is 5.47. The third-order valence-corrected chi connectivity index (χ3v) is 4.75. The van der Waals surface area contributed by atoms with E-state index in [1.54, 1.807) is 11.6 Å². The van der Waals surface area contributed by atoms with E-state index in [-0.39, 0.29) is 36.0 Å². The fourth-order valence-corrected chi connectivity index (χ4v) is 3.50. The molecule has 2 heterocycles. The van der Waals surface area contributed by atoms with Crippen molar-refractivity contribution in [3.8, 4) is 0 Å². The number of carbonyl (C=O) groups is 3. The standard InChI is InChI=1S/C15H17N3O3S/c19-12(17-15-16-7-9-22-15)6-3-8-18-13(20)10-4-1-2-5-11(10)14(18)21/h1-2,7,9-11H,3-6,8H2,(H,16,17,19). The summed E-state index contributed by atoms with van der Waals surface area (Å²) in [5.74, 6) is -0.698. The zero-order chi connectivity index (χ0) is 15.5. The van der Waals surface area contributed by atoms with Crippen molar-refractivity contribution in [2.75, 3.05) is 11.9 Å². The van der Waals surface area contributed by atoms with Gasteiger partial charge in [0.2, 0.25) is 17.7 Å². The number of aromatic nitrogens is 1. The van der Waals surface area contributed by atoms with Gasteiger partial charge in [-0.3, -0.25) is 19.3 Å². The average Bonchev–Trinajstić information content (AvgIpc) is 3.10. The van der Waals surface area contributed by atoms with Crippen molar-refractivity contribution < 1.29 is 14.4 Å². The molecule has 116 valence electrons. The number of amides is 3. The summed E-state index contributed by atoms with van der Waals surface area (Å²) in [5, 5.41) is 5.04. The number of anilines is 1. The Morgan fingerprint density at radius 1 is 1.27 bits per heavy atom. The summed E-state index contributed by atoms with van der Waals surface area (Å²) < 4.78 is 0. The van der Waals surface area contributed by atoms with Gasteiger partial charge < -0.3 is 5.32 Å². The van der Waals surface area contributed by atoms with Crippen molar-refractivity contribution in [2.45, 2.75) is 25.7 Å². The van der Waals surface area contributed by atoms with Crippen molar-refractivity contribution in [2.24, 2.45) is 11.8 Å². The van der Waals surface area contributed by atoms with E-state index in [0.29, 0.717) is 30.9 Å². The number of hydrogen-bond acceptors (Lipinski definition) is 5. The molecule has 1 aliphatic carbocycles. The molecule has 2 aliphatic rings. The lowest BCUT2D eigenvalue weighted by Crippen LogP contribution is -2.32. The van der Waals surface area contributed by atoms with Crippen molar-refractivity contribution in [3.05, 3.63) is 23.7 Å². The summed E-state index contributed by atoms with van der Waals surface area (Å²) >= 11 is 1.36. The number of allylic oxidation sites excluding steroid dienone is 2. The Labute approximate surface area is 132 Å². The number of nitrogens with zero attached hydrogens (tertiary/aromatic N) is 2. The largest absolute Gasteiger partial charge is 0.302 e. The van der Waals surface area contributed by atoms with Gasteiger partial charge in [-0.05, 0) is 19.3 Å². The molecule has 1 aliphatic heterocycles. The van der Waals surface area contributed by atoms with Gasteiger partial charge in [-0.2, -0.15) is 0 Å². The maximum Gasteiger partial charge on any atom is 0.233 e. The first-order chi connectivity index (χ1) is 10.7. The zero-order valence-corrected chi connectivity index (χ0v) is 12.8. The fourth-order valence-electron chi connectivity index (χ4n) is 2.95. The molecule has 0 spiro atoms. The highest BCUT2D eigenvalue weighted by Gasteiger charge is 2.46. The van der Waals surface area contributed by atoms with Crippen molar-refractivity contribution in [1.29, 1.82) is 0 Å². The van der Waals surface area contributed by atoms with Crippen LogP contribution in [-0.4, -0.2) is 34.2 Å². The molecule has 1 saturated heterocycles. The Hall–Kier alpha value is -2.02. The molecule has 7 heteroatoms. The molecule has 2 unspecified atom stereocenters. The molecule has 3 rings (SSSR count). The highest BCUT2D eigenvalue weighted by molar-refractivity contribution is 7.13. The van der Waals surface area contributed by atoms with Crippen LogP contribution in [0.25, 0.3) is 0 Å². The number of rotatable bonds is 5. The van der Waals surface area contributed by atoms with Gasteiger partial charge in [0, 0.05) is 24.5 Å². The van der Waals surface area contributed by atoms with Crippen LogP contribution in [0.15, 0.2) is 23.7 Å². The molecular weight excluding hydrogens is 302 g/mol. The van der Waals surface area contributed by atoms with E-state index >= 15 is 0 Å². The summed E-state index contributed by atoms with van der Waals surface area (Å²) in [7, 11) is 0.